The van der Waals surface area contributed by atoms with Gasteiger partial charge in [0.25, 0.3) is 5.69 Å². The van der Waals surface area contributed by atoms with E-state index >= 15 is 0 Å². The van der Waals surface area contributed by atoms with Crippen molar-refractivity contribution in [1.29, 1.82) is 5.26 Å². The summed E-state index contributed by atoms with van der Waals surface area (Å²) in [5, 5.41) is 20.3. The molecule has 0 bridgehead atoms. The van der Waals surface area contributed by atoms with E-state index < -0.39 is 14.9 Å². The Bertz CT molecular complexity index is 1030. The first-order chi connectivity index (χ1) is 12.8. The molecule has 0 aromatic heterocycles. The second-order valence-corrected chi connectivity index (χ2v) is 8.21. The Kier molecular flexibility index (Phi) is 5.32. The molecule has 1 fully saturated rings. The predicted molar refractivity (Wildman–Crippen MR) is 100 cm³/mol. The normalized spacial score (nSPS) is 15.3. The highest BCUT2D eigenvalue weighted by molar-refractivity contribution is 7.89. The summed E-state index contributed by atoms with van der Waals surface area (Å²) in [6.07, 6.45) is 0. The van der Waals surface area contributed by atoms with Crippen LogP contribution in [0.2, 0.25) is 5.02 Å². The molecule has 10 heteroatoms. The van der Waals surface area contributed by atoms with Crippen molar-refractivity contribution in [1.82, 2.24) is 4.31 Å². The highest BCUT2D eigenvalue weighted by Gasteiger charge is 2.30. The van der Waals surface area contributed by atoms with Gasteiger partial charge < -0.3 is 4.90 Å². The summed E-state index contributed by atoms with van der Waals surface area (Å²) in [5.41, 5.74) is 0.583. The first-order valence-electron chi connectivity index (χ1n) is 8.03. The van der Waals surface area contributed by atoms with Crippen LogP contribution in [-0.4, -0.2) is 43.8 Å². The topological polar surface area (TPSA) is 108 Å². The van der Waals surface area contributed by atoms with Gasteiger partial charge in [-0.2, -0.15) is 9.57 Å². The van der Waals surface area contributed by atoms with Crippen LogP contribution in [0, 0.1) is 21.4 Å². The summed E-state index contributed by atoms with van der Waals surface area (Å²) in [6, 6.07) is 12.3. The molecule has 0 atom stereocenters. The Morgan fingerprint density at radius 3 is 2.37 bits per heavy atom. The van der Waals surface area contributed by atoms with E-state index in [9.17, 15) is 23.8 Å². The molecule has 0 N–H and O–H groups in total. The average Bonchev–Trinajstić information content (AvgIpc) is 2.67. The molecule has 1 aliphatic rings. The van der Waals surface area contributed by atoms with E-state index in [-0.39, 0.29) is 34.3 Å². The molecule has 1 saturated heterocycles. The van der Waals surface area contributed by atoms with E-state index in [1.807, 2.05) is 11.0 Å². The highest BCUT2D eigenvalue weighted by atomic mass is 35.5. The minimum atomic E-state index is -3.71. The molecule has 0 aliphatic carbocycles. The first kappa shape index (κ1) is 19.1. The van der Waals surface area contributed by atoms with E-state index in [1.165, 1.54) is 34.6 Å². The minimum absolute atomic E-state index is 0.0631. The standard InChI is InChI=1S/C17H15ClN4O4S/c18-15-3-1-2-4-17(15)27(25,26)21-9-7-20(8-10-21)16-6-5-14(22(23)24)11-13(16)12-19/h1-6,11H,7-10H2. The maximum absolute atomic E-state index is 12.8. The molecule has 1 aliphatic heterocycles. The fourth-order valence-corrected chi connectivity index (χ4v) is 4.88. The van der Waals surface area contributed by atoms with Gasteiger partial charge >= 0.3 is 0 Å². The fourth-order valence-electron chi connectivity index (χ4n) is 2.97. The number of sulfonamides is 1. The van der Waals surface area contributed by atoms with Crippen LogP contribution in [0.25, 0.3) is 0 Å². The Morgan fingerprint density at radius 2 is 1.78 bits per heavy atom. The van der Waals surface area contributed by atoms with Crippen LogP contribution in [0.3, 0.4) is 0 Å². The van der Waals surface area contributed by atoms with E-state index in [1.54, 1.807) is 12.1 Å². The van der Waals surface area contributed by atoms with Gasteiger partial charge in [-0.15, -0.1) is 0 Å². The molecule has 3 rings (SSSR count). The zero-order chi connectivity index (χ0) is 19.6. The van der Waals surface area contributed by atoms with Gasteiger partial charge in [-0.1, -0.05) is 23.7 Å². The van der Waals surface area contributed by atoms with Gasteiger partial charge in [0.15, 0.2) is 0 Å². The van der Waals surface area contributed by atoms with E-state index in [4.69, 9.17) is 11.6 Å². The maximum atomic E-state index is 12.8. The molecule has 0 saturated carbocycles. The summed E-state index contributed by atoms with van der Waals surface area (Å²) >= 11 is 6.03. The lowest BCUT2D eigenvalue weighted by atomic mass is 10.1. The number of rotatable bonds is 4. The van der Waals surface area contributed by atoms with Crippen LogP contribution in [-0.2, 0) is 10.0 Å². The van der Waals surface area contributed by atoms with Crippen molar-refractivity contribution in [2.75, 3.05) is 31.1 Å². The maximum Gasteiger partial charge on any atom is 0.270 e. The molecule has 2 aromatic rings. The zero-order valence-corrected chi connectivity index (χ0v) is 15.7. The monoisotopic (exact) mass is 406 g/mol. The largest absolute Gasteiger partial charge is 0.368 e. The number of nitro groups is 1. The van der Waals surface area contributed by atoms with Crippen molar-refractivity contribution in [3.63, 3.8) is 0 Å². The number of anilines is 1. The molecule has 8 nitrogen and oxygen atoms in total. The number of hydrogen-bond acceptors (Lipinski definition) is 6. The molecule has 1 heterocycles. The van der Waals surface area contributed by atoms with Crippen molar-refractivity contribution in [3.05, 3.63) is 63.2 Å². The van der Waals surface area contributed by atoms with Crippen LogP contribution >= 0.6 is 11.6 Å². The SMILES string of the molecule is N#Cc1cc([N+](=O)[O-])ccc1N1CCN(S(=O)(=O)c2ccccc2Cl)CC1. The van der Waals surface area contributed by atoms with Gasteiger partial charge in [0.1, 0.15) is 11.0 Å². The van der Waals surface area contributed by atoms with Crippen LogP contribution in [0.4, 0.5) is 11.4 Å². The number of nitro benzene ring substituents is 1. The van der Waals surface area contributed by atoms with Gasteiger partial charge in [-0.25, -0.2) is 8.42 Å². The van der Waals surface area contributed by atoms with Crippen molar-refractivity contribution in [2.24, 2.45) is 0 Å². The predicted octanol–water partition coefficient (Wildman–Crippen LogP) is 2.63. The fraction of sp³-hybridized carbons (Fsp3) is 0.235. The zero-order valence-electron chi connectivity index (χ0n) is 14.1. The smallest absolute Gasteiger partial charge is 0.270 e. The summed E-state index contributed by atoms with van der Waals surface area (Å²) in [4.78, 5) is 12.2. The van der Waals surface area contributed by atoms with E-state index in [2.05, 4.69) is 0 Å². The van der Waals surface area contributed by atoms with E-state index in [0.717, 1.165) is 0 Å². The quantitative estimate of drug-likeness (QED) is 0.570. The number of piperazine rings is 1. The molecular formula is C17H15ClN4O4S. The summed E-state index contributed by atoms with van der Waals surface area (Å²) in [5.74, 6) is 0. The van der Waals surface area contributed by atoms with Crippen molar-refractivity contribution >= 4 is 33.0 Å². The molecule has 2 aromatic carbocycles. The van der Waals surface area contributed by atoms with Gasteiger partial charge in [0, 0.05) is 38.3 Å². The molecular weight excluding hydrogens is 392 g/mol. The van der Waals surface area contributed by atoms with Crippen LogP contribution in [0.5, 0.6) is 0 Å². The minimum Gasteiger partial charge on any atom is -0.368 e. The molecule has 140 valence electrons. The van der Waals surface area contributed by atoms with Crippen LogP contribution < -0.4 is 4.90 Å². The van der Waals surface area contributed by atoms with Crippen molar-refractivity contribution in [2.45, 2.75) is 4.90 Å². The van der Waals surface area contributed by atoms with Crippen LogP contribution in [0.15, 0.2) is 47.4 Å². The second-order valence-electron chi connectivity index (χ2n) is 5.89. The molecule has 0 spiro atoms. The Labute approximate surface area is 161 Å². The third-order valence-electron chi connectivity index (χ3n) is 4.35. The van der Waals surface area contributed by atoms with Crippen LogP contribution in [0.1, 0.15) is 5.56 Å². The summed E-state index contributed by atoms with van der Waals surface area (Å²) in [7, 11) is -3.71. The number of non-ortho nitro benzene ring substituents is 1. The summed E-state index contributed by atoms with van der Waals surface area (Å²) in [6.45, 7) is 1.15. The Morgan fingerprint density at radius 1 is 1.11 bits per heavy atom. The highest BCUT2D eigenvalue weighted by Crippen LogP contribution is 2.28. The first-order valence-corrected chi connectivity index (χ1v) is 9.84. The van der Waals surface area contributed by atoms with Crippen molar-refractivity contribution < 1.29 is 13.3 Å². The third kappa shape index (κ3) is 3.73. The average molecular weight is 407 g/mol. The Balaban J connectivity index is 1.79. The molecule has 0 unspecified atom stereocenters. The lowest BCUT2D eigenvalue weighted by molar-refractivity contribution is -0.384. The number of nitrogens with zero attached hydrogens (tertiary/aromatic N) is 4. The molecule has 0 amide bonds. The van der Waals surface area contributed by atoms with Gasteiger partial charge in [-0.05, 0) is 18.2 Å². The lowest BCUT2D eigenvalue weighted by Gasteiger charge is -2.35. The number of nitriles is 1. The number of benzene rings is 2. The third-order valence-corrected chi connectivity index (χ3v) is 6.74. The lowest BCUT2D eigenvalue weighted by Crippen LogP contribution is -2.48. The molecule has 27 heavy (non-hydrogen) atoms. The van der Waals surface area contributed by atoms with Gasteiger partial charge in [0.05, 0.1) is 21.2 Å². The van der Waals surface area contributed by atoms with Gasteiger partial charge in [-0.3, -0.25) is 10.1 Å². The number of halogens is 1. The summed E-state index contributed by atoms with van der Waals surface area (Å²) < 4.78 is 26.9. The Hall–Kier alpha value is -2.67. The second kappa shape index (κ2) is 7.52. The number of hydrogen-bond donors (Lipinski definition) is 0. The van der Waals surface area contributed by atoms with E-state index in [0.29, 0.717) is 18.8 Å². The molecule has 0 radical (unpaired) electrons. The van der Waals surface area contributed by atoms with Gasteiger partial charge in [0.2, 0.25) is 10.0 Å². The van der Waals surface area contributed by atoms with Crippen molar-refractivity contribution in [3.8, 4) is 6.07 Å².